The minimum atomic E-state index is -0.373. The Balaban J connectivity index is 1.82. The largest absolute Gasteiger partial charge is 0.299 e. The van der Waals surface area contributed by atoms with Crippen molar-refractivity contribution < 1.29 is 9.59 Å². The molecule has 0 heterocycles. The minimum Gasteiger partial charge on any atom is -0.299 e. The molecule has 2 nitrogen and oxygen atoms in total. The number of allylic oxidation sites excluding steroid dienone is 2. The number of Topliss-reactive ketones (excluding diaryl/α,β-unsaturated/α-hetero) is 2. The summed E-state index contributed by atoms with van der Waals surface area (Å²) >= 11 is 0. The molecule has 5 aliphatic carbocycles. The first kappa shape index (κ1) is 10.6. The van der Waals surface area contributed by atoms with E-state index < -0.39 is 0 Å². The average molecular weight is 254 g/mol. The highest BCUT2D eigenvalue weighted by atomic mass is 16.2. The second kappa shape index (κ2) is 2.65. The first-order chi connectivity index (χ1) is 9.16. The van der Waals surface area contributed by atoms with Gasteiger partial charge in [-0.1, -0.05) is 12.2 Å². The Kier molecular flexibility index (Phi) is 1.48. The molecule has 2 bridgehead atoms. The summed E-state index contributed by atoms with van der Waals surface area (Å²) in [6.45, 7) is 7.72. The first-order valence-corrected chi connectivity index (χ1v) is 7.47. The second-order valence-electron chi connectivity index (χ2n) is 7.32. The van der Waals surface area contributed by atoms with E-state index in [1.165, 1.54) is 0 Å². The van der Waals surface area contributed by atoms with Crippen LogP contribution in [-0.4, -0.2) is 11.6 Å². The SMILES string of the molecule is C=CCC12C(=O)C3C4CC5C3C(=O)C1(CC=C)C5C42. The van der Waals surface area contributed by atoms with Crippen LogP contribution < -0.4 is 0 Å². The van der Waals surface area contributed by atoms with Crippen molar-refractivity contribution in [3.05, 3.63) is 25.3 Å². The molecule has 0 spiro atoms. The molecule has 0 aliphatic heterocycles. The summed E-state index contributed by atoms with van der Waals surface area (Å²) < 4.78 is 0. The van der Waals surface area contributed by atoms with Crippen LogP contribution in [0.25, 0.3) is 0 Å². The van der Waals surface area contributed by atoms with Crippen molar-refractivity contribution in [3.8, 4) is 0 Å². The molecule has 0 saturated heterocycles. The zero-order valence-electron chi connectivity index (χ0n) is 11.0. The van der Waals surface area contributed by atoms with Gasteiger partial charge in [0, 0.05) is 22.7 Å². The van der Waals surface area contributed by atoms with Crippen molar-refractivity contribution in [2.45, 2.75) is 19.3 Å². The van der Waals surface area contributed by atoms with Crippen LogP contribution in [0.1, 0.15) is 19.3 Å². The van der Waals surface area contributed by atoms with Crippen molar-refractivity contribution in [2.75, 3.05) is 0 Å². The van der Waals surface area contributed by atoms with Gasteiger partial charge < -0.3 is 0 Å². The Labute approximate surface area is 112 Å². The smallest absolute Gasteiger partial charge is 0.144 e. The molecule has 2 heteroatoms. The van der Waals surface area contributed by atoms with Crippen molar-refractivity contribution in [3.63, 3.8) is 0 Å². The van der Waals surface area contributed by atoms with E-state index in [0.717, 1.165) is 6.42 Å². The van der Waals surface area contributed by atoms with E-state index in [4.69, 9.17) is 0 Å². The molecule has 0 aromatic carbocycles. The van der Waals surface area contributed by atoms with Crippen LogP contribution in [0, 0.1) is 46.3 Å². The van der Waals surface area contributed by atoms with E-state index >= 15 is 0 Å². The van der Waals surface area contributed by atoms with Crippen molar-refractivity contribution in [1.82, 2.24) is 0 Å². The monoisotopic (exact) mass is 254 g/mol. The summed E-state index contributed by atoms with van der Waals surface area (Å²) in [5, 5.41) is 0. The molecule has 0 aromatic heterocycles. The zero-order chi connectivity index (χ0) is 13.2. The third kappa shape index (κ3) is 0.643. The van der Waals surface area contributed by atoms with Gasteiger partial charge >= 0.3 is 0 Å². The number of hydrogen-bond donors (Lipinski definition) is 0. The van der Waals surface area contributed by atoms with Gasteiger partial charge in [-0.05, 0) is 42.9 Å². The highest BCUT2D eigenvalue weighted by Crippen LogP contribution is 2.91. The molecule has 8 unspecified atom stereocenters. The topological polar surface area (TPSA) is 34.1 Å². The summed E-state index contributed by atoms with van der Waals surface area (Å²) in [6.07, 6.45) is 6.30. The van der Waals surface area contributed by atoms with Crippen LogP contribution in [0.2, 0.25) is 0 Å². The van der Waals surface area contributed by atoms with Crippen LogP contribution in [0.15, 0.2) is 25.3 Å². The van der Waals surface area contributed by atoms with Gasteiger partial charge in [0.15, 0.2) is 0 Å². The van der Waals surface area contributed by atoms with E-state index in [-0.39, 0.29) is 22.7 Å². The van der Waals surface area contributed by atoms with Gasteiger partial charge in [0.25, 0.3) is 0 Å². The van der Waals surface area contributed by atoms with Gasteiger partial charge in [-0.3, -0.25) is 9.59 Å². The lowest BCUT2D eigenvalue weighted by molar-refractivity contribution is -0.189. The van der Waals surface area contributed by atoms with Gasteiger partial charge in [-0.25, -0.2) is 0 Å². The van der Waals surface area contributed by atoms with Crippen LogP contribution in [0.3, 0.4) is 0 Å². The maximum atomic E-state index is 13.0. The normalized spacial score (nSPS) is 61.9. The van der Waals surface area contributed by atoms with E-state index in [0.29, 0.717) is 48.1 Å². The van der Waals surface area contributed by atoms with Crippen molar-refractivity contribution in [1.29, 1.82) is 0 Å². The van der Waals surface area contributed by atoms with Crippen LogP contribution >= 0.6 is 0 Å². The summed E-state index contributed by atoms with van der Waals surface area (Å²) in [5.41, 5.74) is -0.746. The van der Waals surface area contributed by atoms with Crippen molar-refractivity contribution >= 4 is 11.6 Å². The summed E-state index contributed by atoms with van der Waals surface area (Å²) in [4.78, 5) is 26.0. The number of rotatable bonds is 4. The number of carbonyl (C=O) groups excluding carboxylic acids is 2. The van der Waals surface area contributed by atoms with Crippen LogP contribution in [0.5, 0.6) is 0 Å². The van der Waals surface area contributed by atoms with E-state index in [1.54, 1.807) is 0 Å². The Morgan fingerprint density at radius 1 is 0.947 bits per heavy atom. The Morgan fingerprint density at radius 3 is 1.74 bits per heavy atom. The average Bonchev–Trinajstić information content (AvgIpc) is 2.95. The molecule has 0 aromatic rings. The molecule has 19 heavy (non-hydrogen) atoms. The van der Waals surface area contributed by atoms with E-state index in [1.807, 2.05) is 12.2 Å². The molecular weight excluding hydrogens is 236 g/mol. The molecule has 8 atom stereocenters. The van der Waals surface area contributed by atoms with Crippen LogP contribution in [-0.2, 0) is 9.59 Å². The minimum absolute atomic E-state index is 0.0825. The quantitative estimate of drug-likeness (QED) is 0.722. The number of fused-ring (bicyclic) bond motifs is 2. The second-order valence-corrected chi connectivity index (χ2v) is 7.32. The fourth-order valence-electron chi connectivity index (χ4n) is 7.63. The number of ketones is 2. The molecule has 0 amide bonds. The van der Waals surface area contributed by atoms with Gasteiger partial charge in [-0.2, -0.15) is 0 Å². The summed E-state index contributed by atoms with van der Waals surface area (Å²) in [7, 11) is 0. The number of carbonyl (C=O) groups is 2. The van der Waals surface area contributed by atoms with Gasteiger partial charge in [0.05, 0.1) is 0 Å². The molecule has 5 aliphatic rings. The van der Waals surface area contributed by atoms with Crippen LogP contribution in [0.4, 0.5) is 0 Å². The molecule has 98 valence electrons. The lowest BCUT2D eigenvalue weighted by Crippen LogP contribution is -2.67. The lowest BCUT2D eigenvalue weighted by atomic mass is 9.37. The van der Waals surface area contributed by atoms with Gasteiger partial charge in [0.2, 0.25) is 0 Å². The maximum Gasteiger partial charge on any atom is 0.144 e. The molecule has 0 N–H and O–H groups in total. The summed E-state index contributed by atoms with van der Waals surface area (Å²) in [5.74, 6) is 3.05. The van der Waals surface area contributed by atoms with E-state index in [2.05, 4.69) is 13.2 Å². The third-order valence-electron chi connectivity index (χ3n) is 7.51. The Morgan fingerprint density at radius 2 is 1.37 bits per heavy atom. The van der Waals surface area contributed by atoms with Gasteiger partial charge in [0.1, 0.15) is 11.6 Å². The number of hydrogen-bond acceptors (Lipinski definition) is 2. The fraction of sp³-hybridized carbons (Fsp3) is 0.647. The highest BCUT2D eigenvalue weighted by Gasteiger charge is 2.94. The summed E-state index contributed by atoms with van der Waals surface area (Å²) in [6, 6.07) is 0. The standard InChI is InChI=1S/C17H18O2/c1-3-5-16-12-8-7-9-11(10(8)14(16)18)15(19)17(16,6-4-2)13(9)12/h3-4,8-13H,1-2,5-7H2. The fourth-order valence-corrected chi connectivity index (χ4v) is 7.63. The Hall–Kier alpha value is -1.18. The lowest BCUT2D eigenvalue weighted by Gasteiger charge is -2.63. The first-order valence-electron chi connectivity index (χ1n) is 7.47. The third-order valence-corrected chi connectivity index (χ3v) is 7.51. The van der Waals surface area contributed by atoms with Gasteiger partial charge in [-0.15, -0.1) is 13.2 Å². The van der Waals surface area contributed by atoms with Crippen molar-refractivity contribution in [2.24, 2.45) is 46.3 Å². The van der Waals surface area contributed by atoms with E-state index in [9.17, 15) is 9.59 Å². The molecule has 5 saturated carbocycles. The maximum absolute atomic E-state index is 13.0. The predicted molar refractivity (Wildman–Crippen MR) is 70.1 cm³/mol. The molecule has 0 radical (unpaired) electrons. The predicted octanol–water partition coefficient (Wildman–Crippen LogP) is 2.40. The zero-order valence-corrected chi connectivity index (χ0v) is 11.0. The molecule has 5 fully saturated rings. The molecular formula is C17H18O2. The Bertz CT molecular complexity index is 526. The molecule has 5 rings (SSSR count). The highest BCUT2D eigenvalue weighted by molar-refractivity contribution is 6.11.